The summed E-state index contributed by atoms with van der Waals surface area (Å²) >= 11 is 5.31. The lowest BCUT2D eigenvalue weighted by Crippen LogP contribution is -2.48. The van der Waals surface area contributed by atoms with Crippen LogP contribution in [-0.4, -0.2) is 10.7 Å². The summed E-state index contributed by atoms with van der Waals surface area (Å²) in [5, 5.41) is 7.10. The van der Waals surface area contributed by atoms with Gasteiger partial charge in [-0.05, 0) is 56.2 Å². The lowest BCUT2D eigenvalue weighted by Gasteiger charge is -2.35. The molecule has 4 heteroatoms. The molecule has 1 aliphatic carbocycles. The van der Waals surface area contributed by atoms with Gasteiger partial charge < -0.3 is 10.6 Å². The average Bonchev–Trinajstić information content (AvgIpc) is 2.32. The monoisotopic (exact) mass is 266 g/mol. The molecule has 2 N–H and O–H groups in total. The molecule has 18 heavy (non-hydrogen) atoms. The Morgan fingerprint density at radius 2 is 1.78 bits per heavy atom. The summed E-state index contributed by atoms with van der Waals surface area (Å²) in [7, 11) is 0. The molecule has 0 bridgehead atoms. The van der Waals surface area contributed by atoms with E-state index in [0.717, 1.165) is 18.5 Å². The Hall–Kier alpha value is -1.16. The van der Waals surface area contributed by atoms with Crippen LogP contribution in [0.5, 0.6) is 0 Å². The van der Waals surface area contributed by atoms with E-state index in [0.29, 0.717) is 5.11 Å². The molecule has 2 rings (SSSR count). The molecule has 0 amide bonds. The summed E-state index contributed by atoms with van der Waals surface area (Å²) < 4.78 is 12.8. The zero-order chi connectivity index (χ0) is 13.0. The fourth-order valence-electron chi connectivity index (χ4n) is 2.43. The third-order valence-electron chi connectivity index (χ3n) is 3.47. The van der Waals surface area contributed by atoms with Crippen molar-refractivity contribution < 1.29 is 4.39 Å². The average molecular weight is 266 g/mol. The third kappa shape index (κ3) is 3.67. The van der Waals surface area contributed by atoms with Gasteiger partial charge in [0.25, 0.3) is 0 Å². The summed E-state index contributed by atoms with van der Waals surface area (Å²) in [6.45, 7) is 2.21. The number of nitrogens with one attached hydrogen (secondary N) is 2. The summed E-state index contributed by atoms with van der Waals surface area (Å²) in [5.41, 5.74) is 0.913. The molecule has 1 aliphatic rings. The minimum atomic E-state index is -0.237. The second-order valence-corrected chi connectivity index (χ2v) is 5.62. The Kier molecular flexibility index (Phi) is 4.17. The molecule has 1 fully saturated rings. The Labute approximate surface area is 113 Å². The summed E-state index contributed by atoms with van der Waals surface area (Å²) in [4.78, 5) is 0. The van der Waals surface area contributed by atoms with E-state index >= 15 is 0 Å². The lowest BCUT2D eigenvalue weighted by atomic mass is 9.83. The molecule has 1 aromatic carbocycles. The van der Waals surface area contributed by atoms with Crippen LogP contribution in [0.25, 0.3) is 0 Å². The second kappa shape index (κ2) is 5.65. The normalized spacial score (nSPS) is 18.1. The fourth-order valence-corrected chi connectivity index (χ4v) is 2.79. The molecule has 2 nitrogen and oxygen atoms in total. The lowest BCUT2D eigenvalue weighted by molar-refractivity contribution is 0.292. The number of thiocarbonyl (C=S) groups is 1. The molecule has 1 saturated carbocycles. The van der Waals surface area contributed by atoms with Gasteiger partial charge in [0, 0.05) is 11.2 Å². The Balaban J connectivity index is 1.90. The number of halogens is 1. The molecule has 0 spiro atoms. The largest absolute Gasteiger partial charge is 0.357 e. The molecule has 1 aromatic rings. The van der Waals surface area contributed by atoms with Crippen LogP contribution < -0.4 is 10.6 Å². The van der Waals surface area contributed by atoms with Gasteiger partial charge in [-0.2, -0.15) is 0 Å². The van der Waals surface area contributed by atoms with Crippen LogP contribution in [0.3, 0.4) is 0 Å². The highest BCUT2D eigenvalue weighted by atomic mass is 32.1. The van der Waals surface area contributed by atoms with Crippen LogP contribution in [-0.2, 0) is 0 Å². The molecule has 0 atom stereocenters. The van der Waals surface area contributed by atoms with E-state index in [-0.39, 0.29) is 11.4 Å². The Bertz CT molecular complexity index is 410. The Morgan fingerprint density at radius 1 is 1.17 bits per heavy atom. The van der Waals surface area contributed by atoms with Gasteiger partial charge in [-0.1, -0.05) is 19.3 Å². The number of rotatable bonds is 2. The number of hydrogen-bond acceptors (Lipinski definition) is 1. The maximum atomic E-state index is 12.8. The first kappa shape index (κ1) is 13.3. The zero-order valence-corrected chi connectivity index (χ0v) is 11.4. The van der Waals surface area contributed by atoms with E-state index in [1.54, 1.807) is 12.1 Å². The van der Waals surface area contributed by atoms with E-state index in [1.807, 2.05) is 0 Å². The van der Waals surface area contributed by atoms with E-state index < -0.39 is 0 Å². The summed E-state index contributed by atoms with van der Waals surface area (Å²) in [5.74, 6) is -0.237. The summed E-state index contributed by atoms with van der Waals surface area (Å²) in [6.07, 6.45) is 6.12. The quantitative estimate of drug-likeness (QED) is 0.795. The van der Waals surface area contributed by atoms with E-state index in [9.17, 15) is 4.39 Å². The van der Waals surface area contributed by atoms with Crippen molar-refractivity contribution in [2.75, 3.05) is 5.32 Å². The topological polar surface area (TPSA) is 24.1 Å². The van der Waals surface area contributed by atoms with Crippen LogP contribution in [0.1, 0.15) is 39.0 Å². The van der Waals surface area contributed by atoms with Crippen molar-refractivity contribution in [3.05, 3.63) is 30.1 Å². The van der Waals surface area contributed by atoms with Crippen LogP contribution >= 0.6 is 12.2 Å². The smallest absolute Gasteiger partial charge is 0.171 e. The highest BCUT2D eigenvalue weighted by molar-refractivity contribution is 7.80. The van der Waals surface area contributed by atoms with Crippen molar-refractivity contribution in [1.82, 2.24) is 5.32 Å². The predicted molar refractivity (Wildman–Crippen MR) is 77.2 cm³/mol. The van der Waals surface area contributed by atoms with Crippen LogP contribution in [0.15, 0.2) is 24.3 Å². The van der Waals surface area contributed by atoms with Gasteiger partial charge in [0.05, 0.1) is 0 Å². The molecular formula is C14H19FN2S. The van der Waals surface area contributed by atoms with Crippen molar-refractivity contribution in [3.63, 3.8) is 0 Å². The van der Waals surface area contributed by atoms with Crippen molar-refractivity contribution in [2.45, 2.75) is 44.6 Å². The molecule has 0 aromatic heterocycles. The first-order valence-electron chi connectivity index (χ1n) is 6.42. The molecular weight excluding hydrogens is 247 g/mol. The summed E-state index contributed by atoms with van der Waals surface area (Å²) in [6, 6.07) is 6.22. The molecule has 0 aliphatic heterocycles. The van der Waals surface area contributed by atoms with Crippen molar-refractivity contribution in [1.29, 1.82) is 0 Å². The molecule has 0 unspecified atom stereocenters. The van der Waals surface area contributed by atoms with E-state index in [4.69, 9.17) is 12.2 Å². The number of benzene rings is 1. The van der Waals surface area contributed by atoms with E-state index in [1.165, 1.54) is 31.4 Å². The minimum absolute atomic E-state index is 0.0996. The molecule has 98 valence electrons. The number of hydrogen-bond donors (Lipinski definition) is 2. The minimum Gasteiger partial charge on any atom is -0.357 e. The molecule has 0 radical (unpaired) electrons. The molecule has 0 heterocycles. The van der Waals surface area contributed by atoms with Crippen LogP contribution in [0.2, 0.25) is 0 Å². The zero-order valence-electron chi connectivity index (χ0n) is 10.6. The SMILES string of the molecule is CC1(NC(=S)Nc2ccc(F)cc2)CCCCC1. The predicted octanol–water partition coefficient (Wildman–Crippen LogP) is 3.83. The van der Waals surface area contributed by atoms with Crippen molar-refractivity contribution in [3.8, 4) is 0 Å². The fraction of sp³-hybridized carbons (Fsp3) is 0.500. The van der Waals surface area contributed by atoms with E-state index in [2.05, 4.69) is 17.6 Å². The maximum Gasteiger partial charge on any atom is 0.171 e. The second-order valence-electron chi connectivity index (χ2n) is 5.21. The standard InChI is InChI=1S/C14H19FN2S/c1-14(9-3-2-4-10-14)17-13(18)16-12-7-5-11(15)6-8-12/h5-8H,2-4,9-10H2,1H3,(H2,16,17,18). The number of anilines is 1. The Morgan fingerprint density at radius 3 is 2.39 bits per heavy atom. The highest BCUT2D eigenvalue weighted by Crippen LogP contribution is 2.27. The van der Waals surface area contributed by atoms with Gasteiger partial charge in [0.2, 0.25) is 0 Å². The van der Waals surface area contributed by atoms with Gasteiger partial charge in [-0.15, -0.1) is 0 Å². The van der Waals surface area contributed by atoms with Gasteiger partial charge in [-0.3, -0.25) is 0 Å². The van der Waals surface area contributed by atoms with Gasteiger partial charge in [0.1, 0.15) is 5.82 Å². The van der Waals surface area contributed by atoms with Crippen LogP contribution in [0, 0.1) is 5.82 Å². The highest BCUT2D eigenvalue weighted by Gasteiger charge is 2.27. The van der Waals surface area contributed by atoms with Crippen molar-refractivity contribution in [2.24, 2.45) is 0 Å². The van der Waals surface area contributed by atoms with Gasteiger partial charge in [0.15, 0.2) is 5.11 Å². The van der Waals surface area contributed by atoms with Gasteiger partial charge >= 0.3 is 0 Å². The van der Waals surface area contributed by atoms with Gasteiger partial charge in [-0.25, -0.2) is 4.39 Å². The van der Waals surface area contributed by atoms with Crippen molar-refractivity contribution >= 4 is 23.0 Å². The first-order valence-corrected chi connectivity index (χ1v) is 6.83. The van der Waals surface area contributed by atoms with Crippen LogP contribution in [0.4, 0.5) is 10.1 Å². The maximum absolute atomic E-state index is 12.8. The third-order valence-corrected chi connectivity index (χ3v) is 3.68. The molecule has 0 saturated heterocycles. The first-order chi connectivity index (χ1) is 8.57.